The molecule has 0 amide bonds. The summed E-state index contributed by atoms with van der Waals surface area (Å²) >= 11 is 0. The summed E-state index contributed by atoms with van der Waals surface area (Å²) in [6, 6.07) is 13.9. The van der Waals surface area contributed by atoms with E-state index in [1.54, 1.807) is 24.8 Å². The third-order valence-electron chi connectivity index (χ3n) is 5.69. The number of anilines is 2. The molecule has 0 unspecified atom stereocenters. The van der Waals surface area contributed by atoms with Gasteiger partial charge in [-0.3, -0.25) is 9.88 Å². The maximum atomic E-state index is 4.81. The van der Waals surface area contributed by atoms with Gasteiger partial charge in [-0.1, -0.05) is 12.1 Å². The van der Waals surface area contributed by atoms with Crippen molar-refractivity contribution in [1.29, 1.82) is 0 Å². The number of fused-ring (bicyclic) bond motifs is 1. The molecule has 0 saturated carbocycles. The summed E-state index contributed by atoms with van der Waals surface area (Å²) in [6.07, 6.45) is 8.19. The lowest BCUT2D eigenvalue weighted by Crippen LogP contribution is -2.47. The summed E-state index contributed by atoms with van der Waals surface area (Å²) in [5.74, 6) is 2.43. The standard InChI is InChI=1S/C24H26N8/c1-2-6-21-20(5-1)23(30-22(29-21)19-7-12-25-13-8-19)26-11-4-14-31-15-17-32(18-16-31)24-27-9-3-10-28-24/h1-3,5-10,12-13H,4,11,14-18H2,(H,26,29,30). The highest BCUT2D eigenvalue weighted by molar-refractivity contribution is 5.90. The number of para-hydroxylation sites is 1. The first-order valence-corrected chi connectivity index (χ1v) is 11.0. The lowest BCUT2D eigenvalue weighted by Gasteiger charge is -2.34. The van der Waals surface area contributed by atoms with Crippen LogP contribution in [-0.4, -0.2) is 69.1 Å². The van der Waals surface area contributed by atoms with Gasteiger partial charge >= 0.3 is 0 Å². The first-order chi connectivity index (χ1) is 15.9. The van der Waals surface area contributed by atoms with Crippen LogP contribution in [0, 0.1) is 0 Å². The van der Waals surface area contributed by atoms with Crippen molar-refractivity contribution in [1.82, 2.24) is 29.8 Å². The van der Waals surface area contributed by atoms with E-state index in [0.29, 0.717) is 5.82 Å². The molecule has 1 saturated heterocycles. The lowest BCUT2D eigenvalue weighted by atomic mass is 10.2. The molecule has 1 fully saturated rings. The van der Waals surface area contributed by atoms with Crippen molar-refractivity contribution in [3.05, 3.63) is 67.3 Å². The van der Waals surface area contributed by atoms with E-state index in [1.165, 1.54) is 0 Å². The Morgan fingerprint density at radius 2 is 1.59 bits per heavy atom. The van der Waals surface area contributed by atoms with Gasteiger partial charge in [0.25, 0.3) is 0 Å². The van der Waals surface area contributed by atoms with Crippen LogP contribution < -0.4 is 10.2 Å². The Hall–Kier alpha value is -3.65. The predicted octanol–water partition coefficient (Wildman–Crippen LogP) is 3.11. The fourth-order valence-corrected chi connectivity index (χ4v) is 3.98. The second-order valence-electron chi connectivity index (χ2n) is 7.81. The second kappa shape index (κ2) is 9.65. The van der Waals surface area contributed by atoms with Crippen molar-refractivity contribution in [3.8, 4) is 11.4 Å². The minimum absolute atomic E-state index is 0.716. The average Bonchev–Trinajstić information content (AvgIpc) is 2.88. The Morgan fingerprint density at radius 1 is 0.812 bits per heavy atom. The first-order valence-electron chi connectivity index (χ1n) is 11.0. The molecule has 0 bridgehead atoms. The van der Waals surface area contributed by atoms with E-state index >= 15 is 0 Å². The number of pyridine rings is 1. The lowest BCUT2D eigenvalue weighted by molar-refractivity contribution is 0.256. The minimum atomic E-state index is 0.716. The number of rotatable bonds is 7. The minimum Gasteiger partial charge on any atom is -0.369 e. The molecule has 5 rings (SSSR count). The van der Waals surface area contributed by atoms with Crippen LogP contribution in [0.25, 0.3) is 22.3 Å². The highest BCUT2D eigenvalue weighted by Crippen LogP contribution is 2.24. The fraction of sp³-hybridized carbons (Fsp3) is 0.292. The SMILES string of the molecule is c1cnc(N2CCN(CCCNc3nc(-c4ccncc4)nc4ccccc34)CC2)nc1. The normalized spacial score (nSPS) is 14.6. The average molecular weight is 427 g/mol. The first kappa shape index (κ1) is 20.3. The van der Waals surface area contributed by atoms with E-state index in [-0.39, 0.29) is 0 Å². The molecule has 1 aliphatic rings. The van der Waals surface area contributed by atoms with Crippen molar-refractivity contribution < 1.29 is 0 Å². The molecule has 8 heteroatoms. The van der Waals surface area contributed by atoms with Crippen LogP contribution in [0.4, 0.5) is 11.8 Å². The van der Waals surface area contributed by atoms with Crippen molar-refractivity contribution in [3.63, 3.8) is 0 Å². The molecule has 32 heavy (non-hydrogen) atoms. The second-order valence-corrected chi connectivity index (χ2v) is 7.81. The largest absolute Gasteiger partial charge is 0.369 e. The highest BCUT2D eigenvalue weighted by Gasteiger charge is 2.18. The van der Waals surface area contributed by atoms with Gasteiger partial charge in [0, 0.05) is 68.5 Å². The summed E-state index contributed by atoms with van der Waals surface area (Å²) in [6.45, 7) is 5.89. The number of benzene rings is 1. The number of aromatic nitrogens is 5. The van der Waals surface area contributed by atoms with E-state index in [1.807, 2.05) is 36.4 Å². The molecule has 1 aliphatic heterocycles. The molecule has 0 aliphatic carbocycles. The zero-order chi connectivity index (χ0) is 21.6. The van der Waals surface area contributed by atoms with Crippen LogP contribution in [0.1, 0.15) is 6.42 Å². The molecule has 4 heterocycles. The van der Waals surface area contributed by atoms with E-state index in [2.05, 4.69) is 36.1 Å². The summed E-state index contributed by atoms with van der Waals surface area (Å²) in [5.41, 5.74) is 1.91. The van der Waals surface area contributed by atoms with Crippen molar-refractivity contribution in [2.24, 2.45) is 0 Å². The number of nitrogens with one attached hydrogen (secondary N) is 1. The molecule has 1 N–H and O–H groups in total. The van der Waals surface area contributed by atoms with Gasteiger partial charge in [-0.05, 0) is 43.3 Å². The topological polar surface area (TPSA) is 83.0 Å². The molecule has 0 radical (unpaired) electrons. The number of hydrogen-bond donors (Lipinski definition) is 1. The molecule has 8 nitrogen and oxygen atoms in total. The molecule has 3 aromatic heterocycles. The van der Waals surface area contributed by atoms with E-state index < -0.39 is 0 Å². The molecule has 0 atom stereocenters. The predicted molar refractivity (Wildman–Crippen MR) is 127 cm³/mol. The van der Waals surface area contributed by atoms with Crippen molar-refractivity contribution in [2.45, 2.75) is 6.42 Å². The van der Waals surface area contributed by atoms with E-state index in [0.717, 1.165) is 73.9 Å². The monoisotopic (exact) mass is 426 g/mol. The van der Waals surface area contributed by atoms with Crippen LogP contribution >= 0.6 is 0 Å². The maximum absolute atomic E-state index is 4.81. The third kappa shape index (κ3) is 4.65. The zero-order valence-electron chi connectivity index (χ0n) is 17.9. The number of hydrogen-bond acceptors (Lipinski definition) is 8. The number of nitrogens with zero attached hydrogens (tertiary/aromatic N) is 7. The quantitative estimate of drug-likeness (QED) is 0.452. The van der Waals surface area contributed by atoms with Gasteiger partial charge in [0.05, 0.1) is 5.52 Å². The van der Waals surface area contributed by atoms with Gasteiger partial charge in [0.15, 0.2) is 5.82 Å². The molecule has 4 aromatic rings. The van der Waals surface area contributed by atoms with Gasteiger partial charge in [0.1, 0.15) is 5.82 Å². The van der Waals surface area contributed by atoms with Gasteiger partial charge in [-0.15, -0.1) is 0 Å². The van der Waals surface area contributed by atoms with Crippen molar-refractivity contribution >= 4 is 22.7 Å². The molecular weight excluding hydrogens is 400 g/mol. The summed E-state index contributed by atoms with van der Waals surface area (Å²) in [7, 11) is 0. The smallest absolute Gasteiger partial charge is 0.225 e. The summed E-state index contributed by atoms with van der Waals surface area (Å²) in [4.78, 5) is 27.1. The number of piperazine rings is 1. The Balaban J connectivity index is 1.18. The van der Waals surface area contributed by atoms with Crippen LogP contribution in [0.5, 0.6) is 0 Å². The van der Waals surface area contributed by atoms with Crippen LogP contribution in [-0.2, 0) is 0 Å². The van der Waals surface area contributed by atoms with Gasteiger partial charge in [0.2, 0.25) is 5.95 Å². The van der Waals surface area contributed by atoms with Crippen molar-refractivity contribution in [2.75, 3.05) is 49.5 Å². The Morgan fingerprint density at radius 3 is 2.41 bits per heavy atom. The van der Waals surface area contributed by atoms with Crippen LogP contribution in [0.2, 0.25) is 0 Å². The summed E-state index contributed by atoms with van der Waals surface area (Å²) in [5, 5.41) is 4.59. The Bertz CT molecular complexity index is 1140. The molecular formula is C24H26N8. The van der Waals surface area contributed by atoms with Gasteiger partial charge < -0.3 is 10.2 Å². The Labute approximate surface area is 187 Å². The highest BCUT2D eigenvalue weighted by atomic mass is 15.3. The van der Waals surface area contributed by atoms with Crippen LogP contribution in [0.3, 0.4) is 0 Å². The van der Waals surface area contributed by atoms with Gasteiger partial charge in [-0.25, -0.2) is 19.9 Å². The third-order valence-corrected chi connectivity index (χ3v) is 5.69. The summed E-state index contributed by atoms with van der Waals surface area (Å²) < 4.78 is 0. The van der Waals surface area contributed by atoms with E-state index in [4.69, 9.17) is 9.97 Å². The fourth-order valence-electron chi connectivity index (χ4n) is 3.98. The Kier molecular flexibility index (Phi) is 6.11. The van der Waals surface area contributed by atoms with E-state index in [9.17, 15) is 0 Å². The zero-order valence-corrected chi connectivity index (χ0v) is 17.9. The van der Waals surface area contributed by atoms with Gasteiger partial charge in [-0.2, -0.15) is 0 Å². The molecule has 0 spiro atoms. The molecule has 1 aromatic carbocycles. The molecule has 162 valence electrons. The van der Waals surface area contributed by atoms with Crippen LogP contribution in [0.15, 0.2) is 67.3 Å². The maximum Gasteiger partial charge on any atom is 0.225 e.